The average molecular weight is 390 g/mol. The number of carbonyl (C=O) groups excluding carboxylic acids is 3. The molecule has 2 amide bonds. The molecule has 1 atom stereocenters. The van der Waals surface area contributed by atoms with Crippen LogP contribution in [0, 0.1) is 0 Å². The van der Waals surface area contributed by atoms with Crippen LogP contribution in [0.1, 0.15) is 52.5 Å². The maximum absolute atomic E-state index is 13.1. The lowest BCUT2D eigenvalue weighted by molar-refractivity contribution is -0.143. The summed E-state index contributed by atoms with van der Waals surface area (Å²) in [4.78, 5) is 38.9. The van der Waals surface area contributed by atoms with Crippen molar-refractivity contribution in [3.8, 4) is 0 Å². The Kier molecular flexibility index (Phi) is 7.43. The number of hydrogen-bond acceptors (Lipinski definition) is 5. The summed E-state index contributed by atoms with van der Waals surface area (Å²) in [5.41, 5.74) is 0.961. The predicted molar refractivity (Wildman–Crippen MR) is 106 cm³/mol. The fourth-order valence-electron chi connectivity index (χ4n) is 2.97. The number of nitrogens with one attached hydrogen (secondary N) is 1. The molecule has 1 heterocycles. The van der Waals surface area contributed by atoms with Crippen LogP contribution in [0.3, 0.4) is 0 Å². The van der Waals surface area contributed by atoms with Crippen molar-refractivity contribution < 1.29 is 23.9 Å². The highest BCUT2D eigenvalue weighted by Gasteiger charge is 2.33. The SMILES string of the molecule is CCCCOC(=O)CN1C(=O)C(NC(=O)OC(C)(C)C)CCc2ccccc21. The minimum Gasteiger partial charge on any atom is -0.464 e. The predicted octanol–water partition coefficient (Wildman–Crippen LogP) is 3.20. The van der Waals surface area contributed by atoms with Crippen LogP contribution >= 0.6 is 0 Å². The van der Waals surface area contributed by atoms with Gasteiger partial charge in [-0.1, -0.05) is 31.5 Å². The van der Waals surface area contributed by atoms with Crippen molar-refractivity contribution in [2.45, 2.75) is 65.0 Å². The molecular formula is C21H30N2O5. The first kappa shape index (κ1) is 21.7. The molecule has 0 radical (unpaired) electrons. The second-order valence-electron chi connectivity index (χ2n) is 7.86. The number of alkyl carbamates (subject to hydrolysis) is 1. The Bertz CT molecular complexity index is 711. The number of para-hydroxylation sites is 1. The fraction of sp³-hybridized carbons (Fsp3) is 0.571. The highest BCUT2D eigenvalue weighted by molar-refractivity contribution is 6.03. The highest BCUT2D eigenvalue weighted by Crippen LogP contribution is 2.27. The van der Waals surface area contributed by atoms with E-state index in [0.717, 1.165) is 18.4 Å². The monoisotopic (exact) mass is 390 g/mol. The zero-order chi connectivity index (χ0) is 20.7. The van der Waals surface area contributed by atoms with Crippen LogP contribution in [0.2, 0.25) is 0 Å². The first-order chi connectivity index (χ1) is 13.2. The maximum Gasteiger partial charge on any atom is 0.408 e. The van der Waals surface area contributed by atoms with Crippen LogP contribution in [0.25, 0.3) is 0 Å². The minimum atomic E-state index is -0.773. The second-order valence-corrected chi connectivity index (χ2v) is 7.86. The molecule has 154 valence electrons. The number of esters is 1. The third-order valence-electron chi connectivity index (χ3n) is 4.29. The van der Waals surface area contributed by atoms with E-state index >= 15 is 0 Å². The second kappa shape index (κ2) is 9.57. The maximum atomic E-state index is 13.1. The number of unbranched alkanes of at least 4 members (excludes halogenated alkanes) is 1. The molecule has 1 aliphatic heterocycles. The van der Waals surface area contributed by atoms with E-state index in [1.807, 2.05) is 31.2 Å². The Labute approximate surface area is 166 Å². The van der Waals surface area contributed by atoms with E-state index in [4.69, 9.17) is 9.47 Å². The van der Waals surface area contributed by atoms with Gasteiger partial charge in [-0.05, 0) is 51.7 Å². The van der Waals surface area contributed by atoms with Gasteiger partial charge in [0.15, 0.2) is 0 Å². The molecular weight excluding hydrogens is 360 g/mol. The van der Waals surface area contributed by atoms with Gasteiger partial charge >= 0.3 is 12.1 Å². The number of aryl methyl sites for hydroxylation is 1. The van der Waals surface area contributed by atoms with Crippen molar-refractivity contribution in [3.63, 3.8) is 0 Å². The van der Waals surface area contributed by atoms with E-state index in [-0.39, 0.29) is 12.5 Å². The van der Waals surface area contributed by atoms with Gasteiger partial charge in [0, 0.05) is 5.69 Å². The van der Waals surface area contributed by atoms with Gasteiger partial charge in [-0.25, -0.2) is 4.79 Å². The van der Waals surface area contributed by atoms with E-state index in [1.165, 1.54) is 4.90 Å². The molecule has 0 bridgehead atoms. The van der Waals surface area contributed by atoms with Gasteiger partial charge in [0.25, 0.3) is 0 Å². The number of carbonyl (C=O) groups is 3. The van der Waals surface area contributed by atoms with Crippen molar-refractivity contribution >= 4 is 23.7 Å². The number of anilines is 1. The Morgan fingerprint density at radius 2 is 1.96 bits per heavy atom. The summed E-state index contributed by atoms with van der Waals surface area (Å²) >= 11 is 0. The fourth-order valence-corrected chi connectivity index (χ4v) is 2.97. The van der Waals surface area contributed by atoms with Crippen molar-refractivity contribution in [1.29, 1.82) is 0 Å². The minimum absolute atomic E-state index is 0.188. The van der Waals surface area contributed by atoms with Gasteiger partial charge in [0.2, 0.25) is 5.91 Å². The molecule has 7 heteroatoms. The quantitative estimate of drug-likeness (QED) is 0.596. The molecule has 0 aliphatic carbocycles. The van der Waals surface area contributed by atoms with E-state index in [9.17, 15) is 14.4 Å². The zero-order valence-corrected chi connectivity index (χ0v) is 17.1. The summed E-state index contributed by atoms with van der Waals surface area (Å²) in [5, 5.41) is 2.65. The van der Waals surface area contributed by atoms with Gasteiger partial charge in [-0.3, -0.25) is 14.5 Å². The zero-order valence-electron chi connectivity index (χ0n) is 17.1. The topological polar surface area (TPSA) is 84.9 Å². The third kappa shape index (κ3) is 6.25. The standard InChI is InChI=1S/C21H30N2O5/c1-5-6-13-27-18(24)14-23-17-10-8-7-9-15(17)11-12-16(19(23)25)22-20(26)28-21(2,3)4/h7-10,16H,5-6,11-14H2,1-4H3,(H,22,26). The van der Waals surface area contributed by atoms with Crippen LogP contribution in [0.5, 0.6) is 0 Å². The molecule has 1 unspecified atom stereocenters. The van der Waals surface area contributed by atoms with Crippen LogP contribution in [-0.4, -0.2) is 42.8 Å². The Morgan fingerprint density at radius 3 is 2.64 bits per heavy atom. The first-order valence-electron chi connectivity index (χ1n) is 9.75. The van der Waals surface area contributed by atoms with Crippen molar-refractivity contribution in [1.82, 2.24) is 5.32 Å². The largest absolute Gasteiger partial charge is 0.464 e. The molecule has 1 aromatic carbocycles. The number of rotatable bonds is 6. The number of amides is 2. The van der Waals surface area contributed by atoms with Gasteiger partial charge < -0.3 is 14.8 Å². The number of fused-ring (bicyclic) bond motifs is 1. The molecule has 2 rings (SSSR count). The molecule has 0 aromatic heterocycles. The number of benzene rings is 1. The van der Waals surface area contributed by atoms with Gasteiger partial charge in [-0.2, -0.15) is 0 Å². The Balaban J connectivity index is 2.17. The Morgan fingerprint density at radius 1 is 1.25 bits per heavy atom. The Hall–Kier alpha value is -2.57. The lowest BCUT2D eigenvalue weighted by atomic mass is 10.1. The molecule has 0 spiro atoms. The molecule has 7 nitrogen and oxygen atoms in total. The smallest absolute Gasteiger partial charge is 0.408 e. The van der Waals surface area contributed by atoms with Crippen molar-refractivity contribution in [3.05, 3.63) is 29.8 Å². The molecule has 28 heavy (non-hydrogen) atoms. The number of ether oxygens (including phenoxy) is 2. The lowest BCUT2D eigenvalue weighted by Crippen LogP contribution is -2.50. The molecule has 0 saturated heterocycles. The molecule has 1 N–H and O–H groups in total. The van der Waals surface area contributed by atoms with Gasteiger partial charge in [0.1, 0.15) is 18.2 Å². The van der Waals surface area contributed by atoms with Crippen molar-refractivity contribution in [2.75, 3.05) is 18.1 Å². The van der Waals surface area contributed by atoms with Crippen LogP contribution in [-0.2, 0) is 25.5 Å². The summed E-state index contributed by atoms with van der Waals surface area (Å²) in [5.74, 6) is -0.808. The van der Waals surface area contributed by atoms with E-state index in [1.54, 1.807) is 20.8 Å². The molecule has 0 saturated carbocycles. The summed E-state index contributed by atoms with van der Waals surface area (Å²) in [7, 11) is 0. The first-order valence-corrected chi connectivity index (χ1v) is 9.75. The number of nitrogens with zero attached hydrogens (tertiary/aromatic N) is 1. The van der Waals surface area contributed by atoms with Crippen LogP contribution < -0.4 is 10.2 Å². The molecule has 0 fully saturated rings. The normalized spacial score (nSPS) is 16.8. The highest BCUT2D eigenvalue weighted by atomic mass is 16.6. The summed E-state index contributed by atoms with van der Waals surface area (Å²) in [6, 6.07) is 6.67. The van der Waals surface area contributed by atoms with Crippen molar-refractivity contribution in [2.24, 2.45) is 0 Å². The van der Waals surface area contributed by atoms with E-state index in [0.29, 0.717) is 25.1 Å². The lowest BCUT2D eigenvalue weighted by Gasteiger charge is -2.26. The summed E-state index contributed by atoms with van der Waals surface area (Å²) < 4.78 is 10.5. The van der Waals surface area contributed by atoms with E-state index < -0.39 is 23.7 Å². The summed E-state index contributed by atoms with van der Waals surface area (Å²) in [6.07, 6.45) is 2.07. The molecule has 1 aromatic rings. The van der Waals surface area contributed by atoms with E-state index in [2.05, 4.69) is 5.32 Å². The van der Waals surface area contributed by atoms with Gasteiger partial charge in [0.05, 0.1) is 6.61 Å². The van der Waals surface area contributed by atoms with Crippen LogP contribution in [0.4, 0.5) is 10.5 Å². The molecule has 1 aliphatic rings. The average Bonchev–Trinajstić information content (AvgIpc) is 2.73. The summed E-state index contributed by atoms with van der Waals surface area (Å²) in [6.45, 7) is 7.43. The third-order valence-corrected chi connectivity index (χ3v) is 4.29. The number of hydrogen-bond donors (Lipinski definition) is 1. The van der Waals surface area contributed by atoms with Gasteiger partial charge in [-0.15, -0.1) is 0 Å². The van der Waals surface area contributed by atoms with Crippen LogP contribution in [0.15, 0.2) is 24.3 Å².